The van der Waals surface area contributed by atoms with Crippen molar-refractivity contribution < 1.29 is 22.7 Å². The number of rotatable bonds is 8. The number of methoxy groups -OCH3 is 2. The summed E-state index contributed by atoms with van der Waals surface area (Å²) in [7, 11) is 0.698. The van der Waals surface area contributed by atoms with Gasteiger partial charge in [0.1, 0.15) is 0 Å². The van der Waals surface area contributed by atoms with Crippen LogP contribution in [0.25, 0.3) is 0 Å². The first-order chi connectivity index (χ1) is 13.2. The minimum absolute atomic E-state index is 0.124. The zero-order valence-corrected chi connectivity index (χ0v) is 18.5. The molecular formula is C19H23BrN2O5S. The molecule has 0 spiro atoms. The predicted molar refractivity (Wildman–Crippen MR) is 110 cm³/mol. The zero-order valence-electron chi connectivity index (χ0n) is 16.1. The van der Waals surface area contributed by atoms with Gasteiger partial charge in [0, 0.05) is 11.5 Å². The first kappa shape index (κ1) is 22.2. The van der Waals surface area contributed by atoms with Crippen molar-refractivity contribution in [2.24, 2.45) is 0 Å². The third-order valence-corrected chi connectivity index (χ3v) is 6.52. The van der Waals surface area contributed by atoms with Gasteiger partial charge in [0.15, 0.2) is 11.5 Å². The van der Waals surface area contributed by atoms with Crippen molar-refractivity contribution in [3.8, 4) is 11.5 Å². The number of carbonyl (C=O) groups excluding carboxylic acids is 1. The molecule has 28 heavy (non-hydrogen) atoms. The molecule has 0 saturated carbocycles. The van der Waals surface area contributed by atoms with Crippen LogP contribution in [0.5, 0.6) is 11.5 Å². The van der Waals surface area contributed by atoms with Crippen LogP contribution in [0.1, 0.15) is 18.5 Å². The summed E-state index contributed by atoms with van der Waals surface area (Å²) in [5, 5.41) is 2.80. The summed E-state index contributed by atoms with van der Waals surface area (Å²) in [6, 6.07) is 11.2. The molecule has 2 aromatic carbocycles. The molecular weight excluding hydrogens is 448 g/mol. The monoisotopic (exact) mass is 470 g/mol. The van der Waals surface area contributed by atoms with Gasteiger partial charge in [0.05, 0.1) is 31.7 Å². The summed E-state index contributed by atoms with van der Waals surface area (Å²) in [5.41, 5.74) is 0.810. The number of sulfonamides is 1. The molecule has 9 heteroatoms. The van der Waals surface area contributed by atoms with Crippen molar-refractivity contribution in [1.82, 2.24) is 9.62 Å². The number of carbonyl (C=O) groups is 1. The molecule has 0 fully saturated rings. The van der Waals surface area contributed by atoms with E-state index in [0.717, 1.165) is 14.3 Å². The van der Waals surface area contributed by atoms with E-state index in [1.165, 1.54) is 26.3 Å². The Bertz CT molecular complexity index is 932. The van der Waals surface area contributed by atoms with E-state index in [9.17, 15) is 13.2 Å². The summed E-state index contributed by atoms with van der Waals surface area (Å²) >= 11 is 3.27. The average molecular weight is 471 g/mol. The van der Waals surface area contributed by atoms with Gasteiger partial charge in [0.25, 0.3) is 0 Å². The summed E-state index contributed by atoms with van der Waals surface area (Å²) in [6.07, 6.45) is 0. The number of benzene rings is 2. The topological polar surface area (TPSA) is 84.9 Å². The number of hydrogen-bond acceptors (Lipinski definition) is 5. The fourth-order valence-corrected chi connectivity index (χ4v) is 3.96. The van der Waals surface area contributed by atoms with Crippen molar-refractivity contribution in [3.05, 3.63) is 52.5 Å². The van der Waals surface area contributed by atoms with Crippen LogP contribution in [-0.4, -0.2) is 46.4 Å². The minimum Gasteiger partial charge on any atom is -0.493 e. The van der Waals surface area contributed by atoms with Gasteiger partial charge < -0.3 is 14.8 Å². The third-order valence-electron chi connectivity index (χ3n) is 4.17. The number of hydrogen-bond donors (Lipinski definition) is 1. The Labute approximate surface area is 173 Å². The second kappa shape index (κ2) is 9.40. The zero-order chi connectivity index (χ0) is 20.9. The van der Waals surface area contributed by atoms with Gasteiger partial charge in [-0.3, -0.25) is 4.79 Å². The molecule has 2 aromatic rings. The van der Waals surface area contributed by atoms with E-state index >= 15 is 0 Å². The van der Waals surface area contributed by atoms with Gasteiger partial charge in [-0.25, -0.2) is 8.42 Å². The smallest absolute Gasteiger partial charge is 0.243 e. The van der Waals surface area contributed by atoms with E-state index in [4.69, 9.17) is 9.47 Å². The molecule has 1 atom stereocenters. The number of amides is 1. The van der Waals surface area contributed by atoms with Gasteiger partial charge in [-0.05, 0) is 48.9 Å². The molecule has 0 bridgehead atoms. The van der Waals surface area contributed by atoms with E-state index in [1.807, 2.05) is 13.0 Å². The number of nitrogens with one attached hydrogen (secondary N) is 1. The lowest BCUT2D eigenvalue weighted by molar-refractivity contribution is -0.121. The molecule has 1 N–H and O–H groups in total. The molecule has 1 amide bonds. The quantitative estimate of drug-likeness (QED) is 0.640. The van der Waals surface area contributed by atoms with E-state index in [0.29, 0.717) is 11.5 Å². The summed E-state index contributed by atoms with van der Waals surface area (Å²) < 4.78 is 37.4. The first-order valence-corrected chi connectivity index (χ1v) is 10.7. The normalized spacial score (nSPS) is 12.5. The van der Waals surface area contributed by atoms with E-state index < -0.39 is 15.9 Å². The second-order valence-corrected chi connectivity index (χ2v) is 9.08. The molecule has 0 unspecified atom stereocenters. The third kappa shape index (κ3) is 5.24. The van der Waals surface area contributed by atoms with Crippen LogP contribution in [0.15, 0.2) is 51.8 Å². The van der Waals surface area contributed by atoms with Gasteiger partial charge >= 0.3 is 0 Å². The lowest BCUT2D eigenvalue weighted by atomic mass is 10.1. The molecule has 152 valence electrons. The van der Waals surface area contributed by atoms with Crippen LogP contribution >= 0.6 is 15.9 Å². The maximum Gasteiger partial charge on any atom is 0.243 e. The van der Waals surface area contributed by atoms with Crippen LogP contribution in [0, 0.1) is 0 Å². The standard InChI is InChI=1S/C19H23BrN2O5S/c1-13(14-5-10-17(26-3)18(11-14)27-4)21-19(23)12-22(2)28(24,25)16-8-6-15(20)7-9-16/h5-11,13H,12H2,1-4H3,(H,21,23)/t13-/m1/s1. The van der Waals surface area contributed by atoms with Crippen LogP contribution in [-0.2, 0) is 14.8 Å². The molecule has 0 aromatic heterocycles. The van der Waals surface area contributed by atoms with Crippen molar-refractivity contribution in [3.63, 3.8) is 0 Å². The van der Waals surface area contributed by atoms with Crippen molar-refractivity contribution in [2.75, 3.05) is 27.8 Å². The van der Waals surface area contributed by atoms with Crippen molar-refractivity contribution in [2.45, 2.75) is 17.9 Å². The number of halogens is 1. The van der Waals surface area contributed by atoms with Crippen LogP contribution in [0.4, 0.5) is 0 Å². The molecule has 0 heterocycles. The Hall–Kier alpha value is -2.10. The van der Waals surface area contributed by atoms with Gasteiger partial charge in [-0.2, -0.15) is 4.31 Å². The van der Waals surface area contributed by atoms with Crippen molar-refractivity contribution in [1.29, 1.82) is 0 Å². The number of likely N-dealkylation sites (N-methyl/N-ethyl adjacent to an activating group) is 1. The number of ether oxygens (including phenoxy) is 2. The summed E-state index contributed by atoms with van der Waals surface area (Å²) in [6.45, 7) is 1.51. The van der Waals surface area contributed by atoms with Gasteiger partial charge in [0.2, 0.25) is 15.9 Å². The average Bonchev–Trinajstić information content (AvgIpc) is 2.67. The molecule has 0 aliphatic heterocycles. The molecule has 0 aliphatic carbocycles. The largest absolute Gasteiger partial charge is 0.493 e. The van der Waals surface area contributed by atoms with Gasteiger partial charge in [-0.1, -0.05) is 22.0 Å². The first-order valence-electron chi connectivity index (χ1n) is 8.42. The number of nitrogens with zero attached hydrogens (tertiary/aromatic N) is 1. The predicted octanol–water partition coefficient (Wildman–Crippen LogP) is 2.96. The summed E-state index contributed by atoms with van der Waals surface area (Å²) in [5.74, 6) is 0.728. The lowest BCUT2D eigenvalue weighted by Gasteiger charge is -2.20. The Morgan fingerprint density at radius 2 is 1.71 bits per heavy atom. The van der Waals surface area contributed by atoms with E-state index in [1.54, 1.807) is 31.4 Å². The lowest BCUT2D eigenvalue weighted by Crippen LogP contribution is -2.39. The fourth-order valence-electron chi connectivity index (χ4n) is 2.57. The maximum atomic E-state index is 12.6. The summed E-state index contributed by atoms with van der Waals surface area (Å²) in [4.78, 5) is 12.5. The van der Waals surface area contributed by atoms with Crippen LogP contribution in [0.2, 0.25) is 0 Å². The molecule has 0 radical (unpaired) electrons. The highest BCUT2D eigenvalue weighted by molar-refractivity contribution is 9.10. The Morgan fingerprint density at radius 3 is 2.29 bits per heavy atom. The Kier molecular flexibility index (Phi) is 7.45. The molecule has 0 saturated heterocycles. The van der Waals surface area contributed by atoms with Gasteiger partial charge in [-0.15, -0.1) is 0 Å². The molecule has 7 nitrogen and oxygen atoms in total. The van der Waals surface area contributed by atoms with Crippen LogP contribution < -0.4 is 14.8 Å². The maximum absolute atomic E-state index is 12.6. The Morgan fingerprint density at radius 1 is 1.11 bits per heavy atom. The highest BCUT2D eigenvalue weighted by atomic mass is 79.9. The van der Waals surface area contributed by atoms with E-state index in [2.05, 4.69) is 21.2 Å². The van der Waals surface area contributed by atoms with E-state index in [-0.39, 0.29) is 17.5 Å². The Balaban J connectivity index is 2.05. The SMILES string of the molecule is COc1ccc([C@@H](C)NC(=O)CN(C)S(=O)(=O)c2ccc(Br)cc2)cc1OC. The molecule has 0 aliphatic rings. The van der Waals surface area contributed by atoms with Crippen molar-refractivity contribution >= 4 is 31.9 Å². The fraction of sp³-hybridized carbons (Fsp3) is 0.316. The molecule has 2 rings (SSSR count). The second-order valence-electron chi connectivity index (χ2n) is 6.12. The minimum atomic E-state index is -3.76. The highest BCUT2D eigenvalue weighted by Gasteiger charge is 2.23. The highest BCUT2D eigenvalue weighted by Crippen LogP contribution is 2.29. The van der Waals surface area contributed by atoms with Crippen LogP contribution in [0.3, 0.4) is 0 Å².